The van der Waals surface area contributed by atoms with Gasteiger partial charge in [-0.05, 0) is 29.0 Å². The minimum atomic E-state index is -2.47. The smallest absolute Gasteiger partial charge is 0.232 e. The van der Waals surface area contributed by atoms with Crippen LogP contribution in [-0.2, 0) is 6.42 Å². The highest BCUT2D eigenvalue weighted by Gasteiger charge is 2.12. The Bertz CT molecular complexity index is 588. The van der Waals surface area contributed by atoms with Gasteiger partial charge in [-0.3, -0.25) is 0 Å². The summed E-state index contributed by atoms with van der Waals surface area (Å²) in [5, 5.41) is 0.389. The van der Waals surface area contributed by atoms with Gasteiger partial charge >= 0.3 is 0 Å². The molecule has 0 aliphatic rings. The Morgan fingerprint density at radius 1 is 1.21 bits per heavy atom. The van der Waals surface area contributed by atoms with Crippen molar-refractivity contribution < 1.29 is 8.78 Å². The van der Waals surface area contributed by atoms with Crippen LogP contribution in [0.2, 0.25) is 5.15 Å². The van der Waals surface area contributed by atoms with E-state index in [1.807, 2.05) is 6.92 Å². The molecule has 0 aliphatic heterocycles. The molecule has 2 rings (SSSR count). The molecule has 6 heteroatoms. The van der Waals surface area contributed by atoms with Crippen LogP contribution in [0.15, 0.2) is 24.3 Å². The fourth-order valence-electron chi connectivity index (χ4n) is 1.60. The summed E-state index contributed by atoms with van der Waals surface area (Å²) >= 11 is 8.15. The molecular weight excluding hydrogens is 385 g/mol. The van der Waals surface area contributed by atoms with Crippen molar-refractivity contribution in [1.29, 1.82) is 0 Å². The normalized spacial score (nSPS) is 11.1. The lowest BCUT2D eigenvalue weighted by Crippen LogP contribution is -1.99. The van der Waals surface area contributed by atoms with E-state index in [1.165, 1.54) is 12.1 Å². The summed E-state index contributed by atoms with van der Waals surface area (Å²) in [5.41, 5.74) is 1.52. The van der Waals surface area contributed by atoms with Crippen LogP contribution in [0, 0.1) is 3.57 Å². The zero-order chi connectivity index (χ0) is 14.0. The average molecular weight is 395 g/mol. The van der Waals surface area contributed by atoms with Gasteiger partial charge < -0.3 is 0 Å². The monoisotopic (exact) mass is 394 g/mol. The third kappa shape index (κ3) is 3.20. The molecule has 2 nitrogen and oxygen atoms in total. The highest BCUT2D eigenvalue weighted by Crippen LogP contribution is 2.26. The van der Waals surface area contributed by atoms with E-state index in [0.717, 1.165) is 15.7 Å². The maximum atomic E-state index is 12.5. The van der Waals surface area contributed by atoms with Crippen molar-refractivity contribution in [2.45, 2.75) is 19.8 Å². The molecule has 0 fully saturated rings. The SMILES string of the molecule is CCc1nc(-c2ccc(C(F)F)cc2)nc(Cl)c1I. The van der Waals surface area contributed by atoms with Crippen LogP contribution >= 0.6 is 34.2 Å². The minimum absolute atomic E-state index is 0.0175. The van der Waals surface area contributed by atoms with Gasteiger partial charge in [0.2, 0.25) is 0 Å². The number of benzene rings is 1. The quantitative estimate of drug-likeness (QED) is 0.546. The van der Waals surface area contributed by atoms with E-state index in [9.17, 15) is 8.78 Å². The first kappa shape index (κ1) is 14.6. The van der Waals surface area contributed by atoms with Crippen molar-refractivity contribution in [2.24, 2.45) is 0 Å². The molecule has 0 bridgehead atoms. The zero-order valence-electron chi connectivity index (χ0n) is 10.0. The molecule has 0 unspecified atom stereocenters. The van der Waals surface area contributed by atoms with E-state index in [4.69, 9.17) is 11.6 Å². The molecule has 2 aromatic rings. The van der Waals surface area contributed by atoms with Gasteiger partial charge in [0.05, 0.1) is 9.26 Å². The average Bonchev–Trinajstić information content (AvgIpc) is 2.41. The van der Waals surface area contributed by atoms with Gasteiger partial charge in [0, 0.05) is 11.1 Å². The lowest BCUT2D eigenvalue weighted by molar-refractivity contribution is 0.151. The summed E-state index contributed by atoms with van der Waals surface area (Å²) in [5.74, 6) is 0.461. The predicted octanol–water partition coefficient (Wildman–Crippen LogP) is 4.90. The molecule has 0 radical (unpaired) electrons. The number of aryl methyl sites for hydroxylation is 1. The van der Waals surface area contributed by atoms with Gasteiger partial charge in [-0.2, -0.15) is 0 Å². The standard InChI is InChI=1S/C13H10ClF2IN2/c1-2-9-10(17)11(14)19-13(18-9)8-5-3-7(4-6-8)12(15)16/h3-6,12H,2H2,1H3. The maximum Gasteiger partial charge on any atom is 0.263 e. The van der Waals surface area contributed by atoms with Gasteiger partial charge in [-0.1, -0.05) is 42.8 Å². The summed E-state index contributed by atoms with van der Waals surface area (Å²) in [4.78, 5) is 8.59. The van der Waals surface area contributed by atoms with E-state index < -0.39 is 6.43 Å². The number of nitrogens with zero attached hydrogens (tertiary/aromatic N) is 2. The summed E-state index contributed by atoms with van der Waals surface area (Å²) in [7, 11) is 0. The van der Waals surface area contributed by atoms with Crippen LogP contribution in [0.1, 0.15) is 24.6 Å². The number of halogens is 4. The van der Waals surface area contributed by atoms with Crippen molar-refractivity contribution >= 4 is 34.2 Å². The van der Waals surface area contributed by atoms with Gasteiger partial charge in [-0.15, -0.1) is 0 Å². The largest absolute Gasteiger partial charge is 0.263 e. The number of hydrogen-bond acceptors (Lipinski definition) is 2. The molecule has 0 saturated heterocycles. The van der Waals surface area contributed by atoms with Gasteiger partial charge in [0.1, 0.15) is 5.15 Å². The van der Waals surface area contributed by atoms with E-state index >= 15 is 0 Å². The number of alkyl halides is 2. The Morgan fingerprint density at radius 2 is 1.84 bits per heavy atom. The van der Waals surface area contributed by atoms with Crippen molar-refractivity contribution in [3.8, 4) is 11.4 Å². The topological polar surface area (TPSA) is 25.8 Å². The Balaban J connectivity index is 2.44. The summed E-state index contributed by atoms with van der Waals surface area (Å²) in [6.07, 6.45) is -1.73. The molecule has 0 aliphatic carbocycles. The second-order valence-electron chi connectivity index (χ2n) is 3.87. The molecule has 1 aromatic heterocycles. The van der Waals surface area contributed by atoms with Crippen molar-refractivity contribution in [3.05, 3.63) is 44.2 Å². The van der Waals surface area contributed by atoms with Gasteiger partial charge in [0.25, 0.3) is 6.43 Å². The first-order chi connectivity index (χ1) is 9.02. The Kier molecular flexibility index (Phi) is 4.67. The first-order valence-corrected chi connectivity index (χ1v) is 7.09. The Hall–Kier alpha value is -0.820. The highest BCUT2D eigenvalue weighted by molar-refractivity contribution is 14.1. The third-order valence-electron chi connectivity index (χ3n) is 2.64. The second-order valence-corrected chi connectivity index (χ2v) is 5.31. The molecule has 1 aromatic carbocycles. The minimum Gasteiger partial charge on any atom is -0.232 e. The van der Waals surface area contributed by atoms with E-state index in [-0.39, 0.29) is 5.56 Å². The van der Waals surface area contributed by atoms with Gasteiger partial charge in [-0.25, -0.2) is 18.7 Å². The summed E-state index contributed by atoms with van der Waals surface area (Å²) < 4.78 is 25.8. The molecular formula is C13H10ClF2IN2. The zero-order valence-corrected chi connectivity index (χ0v) is 12.9. The molecule has 0 saturated carbocycles. The Labute approximate surface area is 128 Å². The molecule has 0 atom stereocenters. The van der Waals surface area contributed by atoms with Crippen LogP contribution in [-0.4, -0.2) is 9.97 Å². The van der Waals surface area contributed by atoms with E-state index in [1.54, 1.807) is 12.1 Å². The number of aromatic nitrogens is 2. The predicted molar refractivity (Wildman–Crippen MR) is 79.5 cm³/mol. The second kappa shape index (κ2) is 6.09. The molecule has 0 amide bonds. The Morgan fingerprint density at radius 3 is 2.37 bits per heavy atom. The molecule has 0 N–H and O–H groups in total. The van der Waals surface area contributed by atoms with Crippen LogP contribution in [0.25, 0.3) is 11.4 Å². The molecule has 0 spiro atoms. The van der Waals surface area contributed by atoms with E-state index in [0.29, 0.717) is 16.5 Å². The lowest BCUT2D eigenvalue weighted by Gasteiger charge is -2.07. The summed E-state index contributed by atoms with van der Waals surface area (Å²) in [6.45, 7) is 1.98. The van der Waals surface area contributed by atoms with Crippen LogP contribution in [0.3, 0.4) is 0 Å². The van der Waals surface area contributed by atoms with Crippen LogP contribution in [0.5, 0.6) is 0 Å². The third-order valence-corrected chi connectivity index (χ3v) is 4.36. The van der Waals surface area contributed by atoms with E-state index in [2.05, 4.69) is 32.6 Å². The highest BCUT2D eigenvalue weighted by atomic mass is 127. The first-order valence-electron chi connectivity index (χ1n) is 5.63. The van der Waals surface area contributed by atoms with Gasteiger partial charge in [0.15, 0.2) is 5.82 Å². The van der Waals surface area contributed by atoms with Crippen LogP contribution < -0.4 is 0 Å². The molecule has 100 valence electrons. The summed E-state index contributed by atoms with van der Waals surface area (Å²) in [6, 6.07) is 5.92. The van der Waals surface area contributed by atoms with Crippen molar-refractivity contribution in [1.82, 2.24) is 9.97 Å². The lowest BCUT2D eigenvalue weighted by atomic mass is 10.1. The maximum absolute atomic E-state index is 12.5. The van der Waals surface area contributed by atoms with Crippen LogP contribution in [0.4, 0.5) is 8.78 Å². The molecule has 19 heavy (non-hydrogen) atoms. The van der Waals surface area contributed by atoms with Crippen molar-refractivity contribution in [2.75, 3.05) is 0 Å². The fraction of sp³-hybridized carbons (Fsp3) is 0.231. The van der Waals surface area contributed by atoms with Crippen molar-refractivity contribution in [3.63, 3.8) is 0 Å². The number of hydrogen-bond donors (Lipinski definition) is 0. The fourth-order valence-corrected chi connectivity index (χ4v) is 2.42. The number of rotatable bonds is 3. The molecule has 1 heterocycles.